The van der Waals surface area contributed by atoms with Crippen LogP contribution in [-0.2, 0) is 6.42 Å². The molecule has 3 heteroatoms. The van der Waals surface area contributed by atoms with E-state index >= 15 is 0 Å². The predicted molar refractivity (Wildman–Crippen MR) is 68.7 cm³/mol. The van der Waals surface area contributed by atoms with Gasteiger partial charge in [0.25, 0.3) is 0 Å². The molecule has 1 aromatic rings. The average Bonchev–Trinajstić information content (AvgIpc) is 3.08. The number of nitrogens with one attached hydrogen (secondary N) is 1. The molecular weight excluding hydrogens is 220 g/mol. The molecule has 0 radical (unpaired) electrons. The third-order valence-electron chi connectivity index (χ3n) is 3.39. The van der Waals surface area contributed by atoms with E-state index in [1.165, 1.54) is 18.4 Å². The summed E-state index contributed by atoms with van der Waals surface area (Å²) in [6.45, 7) is 2.90. The van der Waals surface area contributed by atoms with Crippen molar-refractivity contribution in [3.05, 3.63) is 34.9 Å². The van der Waals surface area contributed by atoms with E-state index in [2.05, 4.69) is 17.4 Å². The van der Waals surface area contributed by atoms with Crippen LogP contribution in [0.2, 0.25) is 5.02 Å². The normalized spacial score (nSPS) is 17.4. The monoisotopic (exact) mass is 238 g/mol. The minimum atomic E-state index is 0.431. The zero-order valence-corrected chi connectivity index (χ0v) is 10.3. The molecule has 0 aliphatic heterocycles. The highest BCUT2D eigenvalue weighted by Gasteiger charge is 2.40. The minimum absolute atomic E-state index is 0.431. The van der Waals surface area contributed by atoms with E-state index in [-0.39, 0.29) is 0 Å². The van der Waals surface area contributed by atoms with Crippen LogP contribution in [0.4, 0.5) is 0 Å². The van der Waals surface area contributed by atoms with Gasteiger partial charge < -0.3 is 11.1 Å². The lowest BCUT2D eigenvalue weighted by molar-refractivity contribution is 0.470. The molecule has 0 unspecified atom stereocenters. The van der Waals surface area contributed by atoms with Crippen LogP contribution in [0.15, 0.2) is 24.3 Å². The first-order valence-electron chi connectivity index (χ1n) is 5.89. The van der Waals surface area contributed by atoms with Crippen LogP contribution < -0.4 is 11.1 Å². The summed E-state index contributed by atoms with van der Waals surface area (Å²) in [6.07, 6.45) is 3.63. The topological polar surface area (TPSA) is 38.0 Å². The summed E-state index contributed by atoms with van der Waals surface area (Å²) in [6, 6.07) is 8.05. The van der Waals surface area contributed by atoms with Gasteiger partial charge in [-0.05, 0) is 55.5 Å². The zero-order chi connectivity index (χ0) is 11.4. The lowest BCUT2D eigenvalue weighted by atomic mass is 10.1. The second-order valence-corrected chi connectivity index (χ2v) is 5.19. The molecule has 1 aliphatic rings. The summed E-state index contributed by atoms with van der Waals surface area (Å²) in [7, 11) is 0. The Balaban J connectivity index is 1.66. The van der Waals surface area contributed by atoms with Crippen LogP contribution in [0.5, 0.6) is 0 Å². The molecule has 0 saturated heterocycles. The Morgan fingerprint density at radius 3 is 2.50 bits per heavy atom. The summed E-state index contributed by atoms with van der Waals surface area (Å²) in [4.78, 5) is 0. The van der Waals surface area contributed by atoms with Gasteiger partial charge in [-0.3, -0.25) is 0 Å². The molecule has 2 rings (SSSR count). The standard InChI is InChI=1S/C13H19ClN2/c14-12-3-1-11(2-4-12)5-8-16-10-13(9-15)6-7-13/h1-4,16H,5-10,15H2. The van der Waals surface area contributed by atoms with Gasteiger partial charge >= 0.3 is 0 Å². The fraction of sp³-hybridized carbons (Fsp3) is 0.538. The first kappa shape index (κ1) is 11.9. The van der Waals surface area contributed by atoms with E-state index in [1.54, 1.807) is 0 Å². The van der Waals surface area contributed by atoms with Crippen LogP contribution in [0.1, 0.15) is 18.4 Å². The molecule has 0 heterocycles. The Bertz CT molecular complexity index is 330. The second kappa shape index (κ2) is 5.17. The van der Waals surface area contributed by atoms with Crippen LogP contribution in [-0.4, -0.2) is 19.6 Å². The summed E-state index contributed by atoms with van der Waals surface area (Å²) in [5.74, 6) is 0. The van der Waals surface area contributed by atoms with Crippen LogP contribution in [0.25, 0.3) is 0 Å². The van der Waals surface area contributed by atoms with Gasteiger partial charge in [-0.25, -0.2) is 0 Å². The van der Waals surface area contributed by atoms with Crippen molar-refractivity contribution >= 4 is 11.6 Å². The maximum Gasteiger partial charge on any atom is 0.0406 e. The number of benzene rings is 1. The van der Waals surface area contributed by atoms with Gasteiger partial charge in [-0.2, -0.15) is 0 Å². The molecule has 0 spiro atoms. The molecule has 16 heavy (non-hydrogen) atoms. The number of hydrogen-bond donors (Lipinski definition) is 2. The molecular formula is C13H19ClN2. The largest absolute Gasteiger partial charge is 0.330 e. The highest BCUT2D eigenvalue weighted by molar-refractivity contribution is 6.30. The van der Waals surface area contributed by atoms with Crippen molar-refractivity contribution in [2.75, 3.05) is 19.6 Å². The van der Waals surface area contributed by atoms with Gasteiger partial charge in [-0.1, -0.05) is 23.7 Å². The molecule has 1 aliphatic carbocycles. The molecule has 0 aromatic heterocycles. The first-order valence-corrected chi connectivity index (χ1v) is 6.27. The van der Waals surface area contributed by atoms with Gasteiger partial charge in [0.1, 0.15) is 0 Å². The average molecular weight is 239 g/mol. The lowest BCUT2D eigenvalue weighted by Gasteiger charge is -2.13. The van der Waals surface area contributed by atoms with Crippen molar-refractivity contribution in [2.45, 2.75) is 19.3 Å². The van der Waals surface area contributed by atoms with E-state index < -0.39 is 0 Å². The number of halogens is 1. The van der Waals surface area contributed by atoms with Crippen molar-refractivity contribution in [1.29, 1.82) is 0 Å². The number of hydrogen-bond acceptors (Lipinski definition) is 2. The van der Waals surface area contributed by atoms with Crippen molar-refractivity contribution < 1.29 is 0 Å². The predicted octanol–water partition coefficient (Wildman–Crippen LogP) is 2.21. The summed E-state index contributed by atoms with van der Waals surface area (Å²) >= 11 is 5.83. The minimum Gasteiger partial charge on any atom is -0.330 e. The summed E-state index contributed by atoms with van der Waals surface area (Å²) in [5.41, 5.74) is 7.48. The fourth-order valence-corrected chi connectivity index (χ4v) is 1.99. The van der Waals surface area contributed by atoms with E-state index in [0.29, 0.717) is 5.41 Å². The van der Waals surface area contributed by atoms with E-state index in [9.17, 15) is 0 Å². The van der Waals surface area contributed by atoms with Crippen molar-refractivity contribution in [2.24, 2.45) is 11.1 Å². The van der Waals surface area contributed by atoms with E-state index in [0.717, 1.165) is 31.1 Å². The molecule has 1 aromatic carbocycles. The zero-order valence-electron chi connectivity index (χ0n) is 9.51. The Kier molecular flexibility index (Phi) is 3.85. The Morgan fingerprint density at radius 1 is 1.25 bits per heavy atom. The van der Waals surface area contributed by atoms with Gasteiger partial charge in [0.2, 0.25) is 0 Å². The van der Waals surface area contributed by atoms with E-state index in [4.69, 9.17) is 17.3 Å². The molecule has 0 bridgehead atoms. The number of nitrogens with two attached hydrogens (primary N) is 1. The third kappa shape index (κ3) is 3.21. The maximum absolute atomic E-state index is 5.83. The van der Waals surface area contributed by atoms with Crippen LogP contribution in [0.3, 0.4) is 0 Å². The Hall–Kier alpha value is -0.570. The molecule has 1 fully saturated rings. The Labute approximate surface area is 102 Å². The number of rotatable bonds is 6. The fourth-order valence-electron chi connectivity index (χ4n) is 1.87. The van der Waals surface area contributed by atoms with Gasteiger partial charge in [0.15, 0.2) is 0 Å². The van der Waals surface area contributed by atoms with Crippen LogP contribution >= 0.6 is 11.6 Å². The maximum atomic E-state index is 5.83. The Morgan fingerprint density at radius 2 is 1.94 bits per heavy atom. The van der Waals surface area contributed by atoms with Crippen molar-refractivity contribution in [1.82, 2.24) is 5.32 Å². The highest BCUT2D eigenvalue weighted by atomic mass is 35.5. The SMILES string of the molecule is NCC1(CNCCc2ccc(Cl)cc2)CC1. The molecule has 0 atom stereocenters. The molecule has 0 amide bonds. The quantitative estimate of drug-likeness (QED) is 0.746. The third-order valence-corrected chi connectivity index (χ3v) is 3.65. The second-order valence-electron chi connectivity index (χ2n) is 4.76. The summed E-state index contributed by atoms with van der Waals surface area (Å²) in [5, 5.41) is 4.29. The van der Waals surface area contributed by atoms with Gasteiger partial charge in [0, 0.05) is 11.6 Å². The van der Waals surface area contributed by atoms with Crippen molar-refractivity contribution in [3.8, 4) is 0 Å². The van der Waals surface area contributed by atoms with Gasteiger partial charge in [0.05, 0.1) is 0 Å². The summed E-state index contributed by atoms with van der Waals surface area (Å²) < 4.78 is 0. The highest BCUT2D eigenvalue weighted by Crippen LogP contribution is 2.43. The molecule has 1 saturated carbocycles. The van der Waals surface area contributed by atoms with Gasteiger partial charge in [-0.15, -0.1) is 0 Å². The smallest absolute Gasteiger partial charge is 0.0406 e. The van der Waals surface area contributed by atoms with Crippen LogP contribution in [0, 0.1) is 5.41 Å². The molecule has 3 N–H and O–H groups in total. The molecule has 2 nitrogen and oxygen atoms in total. The molecule has 88 valence electrons. The lowest BCUT2D eigenvalue weighted by Crippen LogP contribution is -2.30. The first-order chi connectivity index (χ1) is 7.74. The van der Waals surface area contributed by atoms with Crippen molar-refractivity contribution in [3.63, 3.8) is 0 Å². The van der Waals surface area contributed by atoms with E-state index in [1.807, 2.05) is 12.1 Å².